The average molecular weight is 289 g/mol. The first-order chi connectivity index (χ1) is 8.66. The van der Waals surface area contributed by atoms with Gasteiger partial charge in [0.05, 0.1) is 0 Å². The van der Waals surface area contributed by atoms with Crippen LogP contribution < -0.4 is 11.1 Å². The predicted molar refractivity (Wildman–Crippen MR) is 81.3 cm³/mol. The molecule has 0 aromatic carbocycles. The van der Waals surface area contributed by atoms with E-state index in [0.717, 1.165) is 5.92 Å². The van der Waals surface area contributed by atoms with E-state index in [1.54, 1.807) is 0 Å². The normalized spacial score (nSPS) is 23.3. The smallest absolute Gasteiger partial charge is 0.220 e. The van der Waals surface area contributed by atoms with Gasteiger partial charge in [-0.15, -0.1) is 12.4 Å². The second-order valence-corrected chi connectivity index (χ2v) is 6.38. The van der Waals surface area contributed by atoms with Gasteiger partial charge in [0.15, 0.2) is 0 Å². The van der Waals surface area contributed by atoms with Gasteiger partial charge in [-0.25, -0.2) is 0 Å². The Morgan fingerprint density at radius 2 is 1.79 bits per heavy atom. The Labute approximate surface area is 123 Å². The van der Waals surface area contributed by atoms with Crippen molar-refractivity contribution < 1.29 is 4.79 Å². The highest BCUT2D eigenvalue weighted by Gasteiger charge is 2.28. The predicted octanol–water partition coefficient (Wildman–Crippen LogP) is 2.87. The SMILES string of the molecule is CC(CC(=O)NCC(N)C1CC1)C1CCCCC1.Cl. The highest BCUT2D eigenvalue weighted by atomic mass is 35.5. The Morgan fingerprint density at radius 3 is 2.37 bits per heavy atom. The number of rotatable bonds is 6. The number of nitrogens with two attached hydrogens (primary N) is 1. The first kappa shape index (κ1) is 16.8. The van der Waals surface area contributed by atoms with Gasteiger partial charge < -0.3 is 11.1 Å². The van der Waals surface area contributed by atoms with Gasteiger partial charge >= 0.3 is 0 Å². The Balaban J connectivity index is 0.00000180. The molecule has 0 heterocycles. The minimum Gasteiger partial charge on any atom is -0.355 e. The third-order valence-electron chi connectivity index (χ3n) is 4.72. The van der Waals surface area contributed by atoms with Gasteiger partial charge in [0.2, 0.25) is 5.91 Å². The summed E-state index contributed by atoms with van der Waals surface area (Å²) < 4.78 is 0. The second kappa shape index (κ2) is 8.11. The molecule has 2 atom stereocenters. The molecule has 0 radical (unpaired) electrons. The molecule has 1 amide bonds. The zero-order valence-corrected chi connectivity index (χ0v) is 12.9. The molecule has 2 unspecified atom stereocenters. The fraction of sp³-hybridized carbons (Fsp3) is 0.933. The molecule has 2 aliphatic carbocycles. The monoisotopic (exact) mass is 288 g/mol. The van der Waals surface area contributed by atoms with E-state index in [2.05, 4.69) is 12.2 Å². The number of nitrogens with one attached hydrogen (secondary N) is 1. The molecular formula is C15H29ClN2O. The fourth-order valence-corrected chi connectivity index (χ4v) is 3.16. The highest BCUT2D eigenvalue weighted by Crippen LogP contribution is 2.32. The molecule has 2 saturated carbocycles. The third-order valence-corrected chi connectivity index (χ3v) is 4.72. The van der Waals surface area contributed by atoms with Gasteiger partial charge in [0.25, 0.3) is 0 Å². The summed E-state index contributed by atoms with van der Waals surface area (Å²) in [6.45, 7) is 2.90. The zero-order valence-electron chi connectivity index (χ0n) is 12.1. The van der Waals surface area contributed by atoms with E-state index < -0.39 is 0 Å². The quantitative estimate of drug-likeness (QED) is 0.790. The maximum Gasteiger partial charge on any atom is 0.220 e. The van der Waals surface area contributed by atoms with Crippen LogP contribution in [0.15, 0.2) is 0 Å². The average Bonchev–Trinajstić information content (AvgIpc) is 3.21. The van der Waals surface area contributed by atoms with Crippen LogP contribution in [0.2, 0.25) is 0 Å². The first-order valence-corrected chi connectivity index (χ1v) is 7.69. The van der Waals surface area contributed by atoms with Crippen LogP contribution in [0.4, 0.5) is 0 Å². The van der Waals surface area contributed by atoms with Crippen LogP contribution in [-0.4, -0.2) is 18.5 Å². The van der Waals surface area contributed by atoms with E-state index in [0.29, 0.717) is 24.8 Å². The van der Waals surface area contributed by atoms with Crippen LogP contribution in [0.25, 0.3) is 0 Å². The molecule has 0 spiro atoms. The molecule has 0 bridgehead atoms. The Bertz CT molecular complexity index is 275. The molecular weight excluding hydrogens is 260 g/mol. The Hall–Kier alpha value is -0.280. The number of hydrogen-bond donors (Lipinski definition) is 2. The van der Waals surface area contributed by atoms with E-state index in [-0.39, 0.29) is 24.4 Å². The van der Waals surface area contributed by atoms with Crippen LogP contribution in [0.5, 0.6) is 0 Å². The van der Waals surface area contributed by atoms with Crippen molar-refractivity contribution in [1.82, 2.24) is 5.32 Å². The van der Waals surface area contributed by atoms with E-state index in [4.69, 9.17) is 5.73 Å². The van der Waals surface area contributed by atoms with Crippen LogP contribution >= 0.6 is 12.4 Å². The lowest BCUT2D eigenvalue weighted by atomic mass is 9.79. The lowest BCUT2D eigenvalue weighted by Crippen LogP contribution is -2.39. The van der Waals surface area contributed by atoms with Crippen molar-refractivity contribution in [2.75, 3.05) is 6.54 Å². The Kier molecular flexibility index (Phi) is 7.16. The highest BCUT2D eigenvalue weighted by molar-refractivity contribution is 5.85. The summed E-state index contributed by atoms with van der Waals surface area (Å²) in [6, 6.07) is 0.180. The van der Waals surface area contributed by atoms with E-state index in [1.807, 2.05) is 0 Å². The summed E-state index contributed by atoms with van der Waals surface area (Å²) >= 11 is 0. The number of hydrogen-bond acceptors (Lipinski definition) is 2. The van der Waals surface area contributed by atoms with Crippen LogP contribution in [0.3, 0.4) is 0 Å². The van der Waals surface area contributed by atoms with Gasteiger partial charge in [0, 0.05) is 19.0 Å². The van der Waals surface area contributed by atoms with Gasteiger partial charge in [-0.3, -0.25) is 4.79 Å². The summed E-state index contributed by atoms with van der Waals surface area (Å²) in [5.74, 6) is 2.16. The zero-order chi connectivity index (χ0) is 13.0. The van der Waals surface area contributed by atoms with Crippen molar-refractivity contribution in [1.29, 1.82) is 0 Å². The summed E-state index contributed by atoms with van der Waals surface area (Å²) in [5, 5.41) is 3.01. The molecule has 0 saturated heterocycles. The minimum atomic E-state index is 0. The van der Waals surface area contributed by atoms with Crippen molar-refractivity contribution in [2.45, 2.75) is 64.3 Å². The molecule has 3 N–H and O–H groups in total. The standard InChI is InChI=1S/C15H28N2O.ClH/c1-11(12-5-3-2-4-6-12)9-15(18)17-10-14(16)13-7-8-13;/h11-14H,2-10,16H2,1H3,(H,17,18);1H. The van der Waals surface area contributed by atoms with Crippen LogP contribution in [-0.2, 0) is 4.79 Å². The summed E-state index contributed by atoms with van der Waals surface area (Å²) in [7, 11) is 0. The third kappa shape index (κ3) is 5.70. The fourth-order valence-electron chi connectivity index (χ4n) is 3.16. The van der Waals surface area contributed by atoms with Crippen molar-refractivity contribution in [3.05, 3.63) is 0 Å². The number of carbonyl (C=O) groups excluding carboxylic acids is 1. The van der Waals surface area contributed by atoms with E-state index in [9.17, 15) is 4.79 Å². The van der Waals surface area contributed by atoms with Crippen LogP contribution in [0.1, 0.15) is 58.3 Å². The largest absolute Gasteiger partial charge is 0.355 e. The van der Waals surface area contributed by atoms with Crippen molar-refractivity contribution in [2.24, 2.45) is 23.5 Å². The number of amides is 1. The van der Waals surface area contributed by atoms with Gasteiger partial charge in [0.1, 0.15) is 0 Å². The van der Waals surface area contributed by atoms with Crippen molar-refractivity contribution in [3.8, 4) is 0 Å². The molecule has 0 aliphatic heterocycles. The van der Waals surface area contributed by atoms with Crippen LogP contribution in [0, 0.1) is 17.8 Å². The Morgan fingerprint density at radius 1 is 1.16 bits per heavy atom. The lowest BCUT2D eigenvalue weighted by molar-refractivity contribution is -0.122. The van der Waals surface area contributed by atoms with Gasteiger partial charge in [-0.1, -0.05) is 39.0 Å². The number of carbonyl (C=O) groups is 1. The molecule has 3 nitrogen and oxygen atoms in total. The number of halogens is 1. The second-order valence-electron chi connectivity index (χ2n) is 6.38. The van der Waals surface area contributed by atoms with Gasteiger partial charge in [-0.2, -0.15) is 0 Å². The molecule has 4 heteroatoms. The summed E-state index contributed by atoms with van der Waals surface area (Å²) in [6.07, 6.45) is 9.89. The summed E-state index contributed by atoms with van der Waals surface area (Å²) in [4.78, 5) is 11.9. The van der Waals surface area contributed by atoms with E-state index in [1.165, 1.54) is 44.9 Å². The van der Waals surface area contributed by atoms with Crippen molar-refractivity contribution in [3.63, 3.8) is 0 Å². The summed E-state index contributed by atoms with van der Waals surface area (Å²) in [5.41, 5.74) is 5.99. The molecule has 2 aliphatic rings. The maximum absolute atomic E-state index is 11.9. The van der Waals surface area contributed by atoms with Gasteiger partial charge in [-0.05, 0) is 30.6 Å². The molecule has 2 rings (SSSR count). The molecule has 2 fully saturated rings. The molecule has 112 valence electrons. The minimum absolute atomic E-state index is 0. The van der Waals surface area contributed by atoms with Crippen molar-refractivity contribution >= 4 is 18.3 Å². The molecule has 0 aromatic rings. The van der Waals surface area contributed by atoms with E-state index >= 15 is 0 Å². The first-order valence-electron chi connectivity index (χ1n) is 7.69. The molecule has 19 heavy (non-hydrogen) atoms. The maximum atomic E-state index is 11.9. The molecule has 0 aromatic heterocycles. The topological polar surface area (TPSA) is 55.1 Å². The lowest BCUT2D eigenvalue weighted by Gasteiger charge is -2.27.